The van der Waals surface area contributed by atoms with Crippen molar-refractivity contribution in [3.8, 4) is 22.3 Å². The van der Waals surface area contributed by atoms with Gasteiger partial charge in [-0.1, -0.05) is 121 Å². The molecular weight excluding hydrogens is 494 g/mol. The summed E-state index contributed by atoms with van der Waals surface area (Å²) in [5.41, 5.74) is 11.1. The van der Waals surface area contributed by atoms with E-state index >= 15 is 0 Å². The topological polar surface area (TPSA) is 3.24 Å². The fraction of sp³-hybridized carbons (Fsp3) is 0.0500. The molecule has 0 atom stereocenters. The van der Waals surface area contributed by atoms with Gasteiger partial charge in [-0.25, -0.2) is 0 Å². The second kappa shape index (κ2) is 10.4. The van der Waals surface area contributed by atoms with Gasteiger partial charge in [0.25, 0.3) is 0 Å². The Kier molecular flexibility index (Phi) is 6.34. The molecule has 7 aromatic carbocycles. The van der Waals surface area contributed by atoms with Crippen molar-refractivity contribution in [3.05, 3.63) is 163 Å². The normalized spacial score (nSPS) is 11.2. The van der Waals surface area contributed by atoms with Gasteiger partial charge in [0.2, 0.25) is 0 Å². The van der Waals surface area contributed by atoms with Crippen LogP contribution in [0.4, 0.5) is 17.1 Å². The molecule has 1 nitrogen and oxygen atoms in total. The predicted octanol–water partition coefficient (Wildman–Crippen LogP) is 11.4. The Morgan fingerprint density at radius 2 is 1.02 bits per heavy atom. The van der Waals surface area contributed by atoms with Crippen molar-refractivity contribution in [3.63, 3.8) is 0 Å². The molecule has 0 aliphatic heterocycles. The fourth-order valence-electron chi connectivity index (χ4n) is 6.16. The van der Waals surface area contributed by atoms with Gasteiger partial charge in [-0.2, -0.15) is 0 Å². The van der Waals surface area contributed by atoms with Crippen LogP contribution in [0.25, 0.3) is 43.8 Å². The summed E-state index contributed by atoms with van der Waals surface area (Å²) in [6.45, 7) is 4.47. The summed E-state index contributed by atoms with van der Waals surface area (Å²) in [6, 6.07) is 54.7. The summed E-state index contributed by atoms with van der Waals surface area (Å²) in [4.78, 5) is 2.39. The van der Waals surface area contributed by atoms with Gasteiger partial charge in [0, 0.05) is 16.8 Å². The summed E-state index contributed by atoms with van der Waals surface area (Å²) in [5, 5.41) is 5.07. The van der Waals surface area contributed by atoms with Gasteiger partial charge < -0.3 is 4.90 Å². The second-order valence-corrected chi connectivity index (χ2v) is 10.7. The van der Waals surface area contributed by atoms with Crippen molar-refractivity contribution in [1.29, 1.82) is 0 Å². The van der Waals surface area contributed by atoms with Gasteiger partial charge in [-0.3, -0.25) is 0 Å². The molecule has 0 radical (unpaired) electrons. The third-order valence-corrected chi connectivity index (χ3v) is 8.20. The lowest BCUT2D eigenvalue weighted by molar-refractivity contribution is 1.28. The zero-order chi connectivity index (χ0) is 27.8. The first kappa shape index (κ1) is 24.9. The van der Waals surface area contributed by atoms with Crippen LogP contribution in [0.15, 0.2) is 152 Å². The van der Waals surface area contributed by atoms with Crippen LogP contribution in [0.2, 0.25) is 0 Å². The number of hydrogen-bond donors (Lipinski definition) is 0. The Morgan fingerprint density at radius 1 is 0.415 bits per heavy atom. The van der Waals surface area contributed by atoms with Gasteiger partial charge in [0.15, 0.2) is 0 Å². The van der Waals surface area contributed by atoms with E-state index in [2.05, 4.69) is 170 Å². The lowest BCUT2D eigenvalue weighted by atomic mass is 9.92. The Balaban J connectivity index is 1.40. The molecule has 0 saturated carbocycles. The molecule has 0 aromatic heterocycles. The summed E-state index contributed by atoms with van der Waals surface area (Å²) in [5.74, 6) is 0. The van der Waals surface area contributed by atoms with Crippen LogP contribution < -0.4 is 4.90 Å². The molecule has 0 fully saturated rings. The highest BCUT2D eigenvalue weighted by Crippen LogP contribution is 2.43. The quantitative estimate of drug-likeness (QED) is 0.216. The molecule has 0 saturated heterocycles. The second-order valence-electron chi connectivity index (χ2n) is 10.7. The fourth-order valence-corrected chi connectivity index (χ4v) is 6.16. The first-order chi connectivity index (χ1) is 20.2. The van der Waals surface area contributed by atoms with E-state index in [9.17, 15) is 0 Å². The predicted molar refractivity (Wildman–Crippen MR) is 176 cm³/mol. The smallest absolute Gasteiger partial charge is 0.0540 e. The van der Waals surface area contributed by atoms with E-state index in [4.69, 9.17) is 0 Å². The minimum atomic E-state index is 1.14. The van der Waals surface area contributed by atoms with E-state index in [-0.39, 0.29) is 0 Å². The van der Waals surface area contributed by atoms with Crippen LogP contribution in [0, 0.1) is 13.8 Å². The van der Waals surface area contributed by atoms with Crippen LogP contribution in [-0.4, -0.2) is 0 Å². The minimum absolute atomic E-state index is 1.14. The van der Waals surface area contributed by atoms with Gasteiger partial charge in [0.05, 0.1) is 5.69 Å². The van der Waals surface area contributed by atoms with E-state index < -0.39 is 0 Å². The van der Waals surface area contributed by atoms with Gasteiger partial charge >= 0.3 is 0 Å². The zero-order valence-corrected chi connectivity index (χ0v) is 23.4. The number of hydrogen-bond acceptors (Lipinski definition) is 1. The maximum atomic E-state index is 2.39. The first-order valence-corrected chi connectivity index (χ1v) is 14.2. The van der Waals surface area contributed by atoms with Gasteiger partial charge in [-0.15, -0.1) is 0 Å². The zero-order valence-electron chi connectivity index (χ0n) is 23.4. The molecule has 7 rings (SSSR count). The first-order valence-electron chi connectivity index (χ1n) is 14.2. The van der Waals surface area contributed by atoms with Crippen LogP contribution in [0.1, 0.15) is 11.1 Å². The summed E-state index contributed by atoms with van der Waals surface area (Å²) in [6.07, 6.45) is 0. The van der Waals surface area contributed by atoms with Gasteiger partial charge in [0.1, 0.15) is 0 Å². The third-order valence-electron chi connectivity index (χ3n) is 8.20. The molecular formula is C40H31N. The number of aryl methyl sites for hydroxylation is 2. The molecule has 41 heavy (non-hydrogen) atoms. The number of nitrogens with zero attached hydrogens (tertiary/aromatic N) is 1. The van der Waals surface area contributed by atoms with Crippen LogP contribution >= 0.6 is 0 Å². The van der Waals surface area contributed by atoms with Crippen molar-refractivity contribution >= 4 is 38.6 Å². The average Bonchev–Trinajstić information content (AvgIpc) is 3.03. The SMILES string of the molecule is Cc1cc(N(c2ccccc2)c2ccc(-c3ccccc3)c3ccccc23)ccc1-c1ccc2ccccc2c1C. The van der Waals surface area contributed by atoms with Crippen molar-refractivity contribution in [2.24, 2.45) is 0 Å². The highest BCUT2D eigenvalue weighted by atomic mass is 15.1. The number of benzene rings is 7. The maximum Gasteiger partial charge on any atom is 0.0540 e. The molecule has 0 aliphatic carbocycles. The maximum absolute atomic E-state index is 2.39. The average molecular weight is 526 g/mol. The Bertz CT molecular complexity index is 2010. The van der Waals surface area contributed by atoms with Crippen LogP contribution in [0.5, 0.6) is 0 Å². The van der Waals surface area contributed by atoms with Crippen molar-refractivity contribution in [2.45, 2.75) is 13.8 Å². The standard InChI is InChI=1S/C40H31N/c1-28-27-33(22-24-34(28)36-23-21-31-15-9-10-18-35(31)29(36)2)41(32-16-7-4-8-17-32)40-26-25-37(30-13-5-3-6-14-30)38-19-11-12-20-39(38)40/h3-27H,1-2H3. The highest BCUT2D eigenvalue weighted by Gasteiger charge is 2.18. The van der Waals surface area contributed by atoms with Crippen LogP contribution in [0.3, 0.4) is 0 Å². The summed E-state index contributed by atoms with van der Waals surface area (Å²) >= 11 is 0. The minimum Gasteiger partial charge on any atom is -0.310 e. The number of fused-ring (bicyclic) bond motifs is 2. The molecule has 7 aromatic rings. The molecule has 0 aliphatic rings. The Labute approximate surface area is 242 Å². The van der Waals surface area contributed by atoms with E-state index in [1.54, 1.807) is 0 Å². The number of anilines is 3. The molecule has 0 spiro atoms. The van der Waals surface area contributed by atoms with Gasteiger partial charge in [-0.05, 0) is 93.7 Å². The lowest BCUT2D eigenvalue weighted by Gasteiger charge is -2.28. The van der Waals surface area contributed by atoms with Crippen molar-refractivity contribution < 1.29 is 0 Å². The summed E-state index contributed by atoms with van der Waals surface area (Å²) < 4.78 is 0. The van der Waals surface area contributed by atoms with E-state index in [1.807, 2.05) is 0 Å². The van der Waals surface area contributed by atoms with Crippen molar-refractivity contribution in [2.75, 3.05) is 4.90 Å². The molecule has 0 N–H and O–H groups in total. The monoisotopic (exact) mass is 525 g/mol. The number of para-hydroxylation sites is 1. The third kappa shape index (κ3) is 4.46. The Hall–Kier alpha value is -5.14. The van der Waals surface area contributed by atoms with E-state index in [0.29, 0.717) is 0 Å². The van der Waals surface area contributed by atoms with E-state index in [0.717, 1.165) is 11.4 Å². The highest BCUT2D eigenvalue weighted by molar-refractivity contribution is 6.06. The lowest BCUT2D eigenvalue weighted by Crippen LogP contribution is -2.11. The van der Waals surface area contributed by atoms with Crippen LogP contribution in [-0.2, 0) is 0 Å². The number of rotatable bonds is 5. The molecule has 1 heteroatoms. The molecule has 196 valence electrons. The largest absolute Gasteiger partial charge is 0.310 e. The molecule has 0 amide bonds. The molecule has 0 heterocycles. The molecule has 0 bridgehead atoms. The summed E-state index contributed by atoms with van der Waals surface area (Å²) in [7, 11) is 0. The van der Waals surface area contributed by atoms with Crippen molar-refractivity contribution in [1.82, 2.24) is 0 Å². The van der Waals surface area contributed by atoms with E-state index in [1.165, 1.54) is 60.6 Å². The molecule has 0 unspecified atom stereocenters. The Morgan fingerprint density at radius 3 is 1.78 bits per heavy atom.